The van der Waals surface area contributed by atoms with Gasteiger partial charge in [0.15, 0.2) is 0 Å². The van der Waals surface area contributed by atoms with Gasteiger partial charge in [-0.15, -0.1) is 0 Å². The maximum Gasteiger partial charge on any atom is 0.328 e. The second kappa shape index (κ2) is 15.1. The number of hydrogen-bond donors (Lipinski definition) is 1. The first kappa shape index (κ1) is 22.0. The summed E-state index contributed by atoms with van der Waals surface area (Å²) in [4.78, 5) is 9.61. The summed E-state index contributed by atoms with van der Waals surface area (Å²) in [6.07, 6.45) is 11.4. The molecule has 0 spiro atoms. The molecule has 0 aliphatic rings. The molecule has 0 heterocycles. The van der Waals surface area contributed by atoms with Gasteiger partial charge in [0.2, 0.25) is 0 Å². The van der Waals surface area contributed by atoms with Crippen LogP contribution in [-0.2, 0) is 26.4 Å². The minimum atomic E-state index is -3.30. The Morgan fingerprint density at radius 3 is 1.84 bits per heavy atom. The van der Waals surface area contributed by atoms with Gasteiger partial charge in [-0.25, -0.2) is 0 Å². The summed E-state index contributed by atoms with van der Waals surface area (Å²) in [5.41, 5.74) is 0. The minimum absolute atomic E-state index is 0. The van der Waals surface area contributed by atoms with E-state index in [1.165, 1.54) is 32.1 Å². The van der Waals surface area contributed by atoms with E-state index in [0.717, 1.165) is 32.1 Å². The van der Waals surface area contributed by atoms with Crippen molar-refractivity contribution < 1.29 is 31.3 Å². The summed E-state index contributed by atoms with van der Waals surface area (Å²) < 4.78 is 16.8. The molecule has 1 N–H and O–H groups in total. The van der Waals surface area contributed by atoms with Crippen molar-refractivity contribution in [1.82, 2.24) is 0 Å². The number of rotatable bonds is 13. The average Bonchev–Trinajstić information content (AvgIpc) is 2.33. The largest absolute Gasteiger partial charge is 0.328 e. The predicted molar refractivity (Wildman–Crippen MR) is 78.2 cm³/mol. The molecule has 0 saturated carbocycles. The van der Waals surface area contributed by atoms with Gasteiger partial charge in [0.05, 0.1) is 6.61 Å². The van der Waals surface area contributed by atoms with Crippen LogP contribution in [0, 0.1) is 0 Å². The van der Waals surface area contributed by atoms with E-state index in [4.69, 9.17) is 4.52 Å². The smallest absolute Gasteiger partial charge is 0.324 e. The van der Waals surface area contributed by atoms with E-state index in [0.29, 0.717) is 12.8 Å². The average molecular weight is 330 g/mol. The summed E-state index contributed by atoms with van der Waals surface area (Å²) in [7, 11) is -3.30. The van der Waals surface area contributed by atoms with Gasteiger partial charge in [0, 0.05) is 23.5 Å². The Morgan fingerprint density at radius 2 is 1.32 bits per heavy atom. The topological polar surface area (TPSA) is 46.5 Å². The van der Waals surface area contributed by atoms with E-state index in [1.54, 1.807) is 0 Å². The fraction of sp³-hybridized carbons (Fsp3) is 1.00. The first-order valence-electron chi connectivity index (χ1n) is 7.58. The van der Waals surface area contributed by atoms with Crippen LogP contribution in [0.3, 0.4) is 0 Å². The van der Waals surface area contributed by atoms with Crippen molar-refractivity contribution >= 4 is 7.60 Å². The molecule has 0 fully saturated rings. The Hall–Kier alpha value is 0.682. The molecule has 3 nitrogen and oxygen atoms in total. The maximum absolute atomic E-state index is 11.7. The van der Waals surface area contributed by atoms with E-state index >= 15 is 0 Å². The summed E-state index contributed by atoms with van der Waals surface area (Å²) in [6, 6.07) is 0. The van der Waals surface area contributed by atoms with Gasteiger partial charge >= 0.3 is 7.60 Å². The van der Waals surface area contributed by atoms with Crippen molar-refractivity contribution in [3.8, 4) is 0 Å². The van der Waals surface area contributed by atoms with Gasteiger partial charge in [-0.2, -0.15) is 0 Å². The predicted octanol–water partition coefficient (Wildman–Crippen LogP) is 5.13. The second-order valence-electron chi connectivity index (χ2n) is 5.02. The zero-order valence-corrected chi connectivity index (χ0v) is 14.8. The maximum atomic E-state index is 11.7. The summed E-state index contributed by atoms with van der Waals surface area (Å²) in [6.45, 7) is 4.78. The molecule has 0 aromatic heterocycles. The van der Waals surface area contributed by atoms with Crippen LogP contribution in [0.15, 0.2) is 0 Å². The molecule has 1 unspecified atom stereocenters. The van der Waals surface area contributed by atoms with Crippen LogP contribution in [0.2, 0.25) is 0 Å². The monoisotopic (exact) mass is 330 g/mol. The van der Waals surface area contributed by atoms with Crippen LogP contribution >= 0.6 is 7.60 Å². The van der Waals surface area contributed by atoms with Crippen molar-refractivity contribution in [2.75, 3.05) is 12.8 Å². The number of hydrogen-bond acceptors (Lipinski definition) is 2. The summed E-state index contributed by atoms with van der Waals surface area (Å²) in [5.74, 6) is 0. The van der Waals surface area contributed by atoms with Gasteiger partial charge in [0.25, 0.3) is 0 Å². The van der Waals surface area contributed by atoms with Crippen LogP contribution in [0.5, 0.6) is 0 Å². The van der Waals surface area contributed by atoms with E-state index < -0.39 is 7.60 Å². The molecule has 0 bridgehead atoms. The van der Waals surface area contributed by atoms with E-state index in [1.807, 2.05) is 0 Å². The zero-order valence-electron chi connectivity index (χ0n) is 12.6. The normalized spacial score (nSPS) is 13.8. The molecular formula is C14H31CrO3P. The molecule has 0 aromatic carbocycles. The summed E-state index contributed by atoms with van der Waals surface area (Å²) in [5, 5.41) is 0. The van der Waals surface area contributed by atoms with Crippen molar-refractivity contribution in [2.45, 2.75) is 78.1 Å². The van der Waals surface area contributed by atoms with E-state index in [-0.39, 0.29) is 17.4 Å². The van der Waals surface area contributed by atoms with Gasteiger partial charge in [-0.05, 0) is 12.8 Å². The van der Waals surface area contributed by atoms with Crippen LogP contribution in [-0.4, -0.2) is 17.7 Å². The van der Waals surface area contributed by atoms with Gasteiger partial charge in [0.1, 0.15) is 0 Å². The standard InChI is InChI=1S/C14H31O3P.Cr/c1-3-5-7-9-11-13-17-18(15,16)14-12-10-8-6-4-2;/h3-14H2,1-2H3,(H,15,16);. The van der Waals surface area contributed by atoms with Crippen LogP contribution in [0.1, 0.15) is 78.1 Å². The minimum Gasteiger partial charge on any atom is -0.324 e. The first-order chi connectivity index (χ1) is 8.62. The fourth-order valence-corrected chi connectivity index (χ4v) is 3.06. The molecule has 1 atom stereocenters. The van der Waals surface area contributed by atoms with Crippen LogP contribution < -0.4 is 0 Å². The van der Waals surface area contributed by atoms with E-state index in [2.05, 4.69) is 13.8 Å². The molecule has 116 valence electrons. The molecule has 0 aliphatic carbocycles. The molecule has 0 aromatic rings. The molecule has 0 amide bonds. The third-order valence-electron chi connectivity index (χ3n) is 3.09. The Morgan fingerprint density at radius 1 is 0.842 bits per heavy atom. The third kappa shape index (κ3) is 16.6. The van der Waals surface area contributed by atoms with Crippen LogP contribution in [0.4, 0.5) is 0 Å². The molecule has 19 heavy (non-hydrogen) atoms. The Bertz CT molecular complexity index is 225. The molecular weight excluding hydrogens is 299 g/mol. The number of unbranched alkanes of at least 4 members (excludes halogenated alkanes) is 8. The van der Waals surface area contributed by atoms with Crippen molar-refractivity contribution in [3.63, 3.8) is 0 Å². The van der Waals surface area contributed by atoms with E-state index in [9.17, 15) is 9.46 Å². The Labute approximate surface area is 130 Å². The molecule has 0 saturated heterocycles. The zero-order chi connectivity index (χ0) is 13.7. The fourth-order valence-electron chi connectivity index (χ4n) is 1.89. The Kier molecular flexibility index (Phi) is 17.4. The third-order valence-corrected chi connectivity index (χ3v) is 4.55. The first-order valence-corrected chi connectivity index (χ1v) is 9.35. The second-order valence-corrected chi connectivity index (χ2v) is 7.00. The van der Waals surface area contributed by atoms with Crippen LogP contribution in [0.25, 0.3) is 0 Å². The SMILES string of the molecule is CCCCCCCOP(=O)(O)CCCCCCC.[Cr]. The molecule has 5 heteroatoms. The quantitative estimate of drug-likeness (QED) is 0.376. The summed E-state index contributed by atoms with van der Waals surface area (Å²) >= 11 is 0. The molecule has 0 aliphatic heterocycles. The van der Waals surface area contributed by atoms with Crippen molar-refractivity contribution in [3.05, 3.63) is 0 Å². The van der Waals surface area contributed by atoms with Crippen molar-refractivity contribution in [1.29, 1.82) is 0 Å². The van der Waals surface area contributed by atoms with Gasteiger partial charge < -0.3 is 9.42 Å². The van der Waals surface area contributed by atoms with Gasteiger partial charge in [-0.3, -0.25) is 4.57 Å². The molecule has 0 radical (unpaired) electrons. The van der Waals surface area contributed by atoms with Gasteiger partial charge in [-0.1, -0.05) is 65.2 Å². The molecule has 0 rings (SSSR count). The van der Waals surface area contributed by atoms with Crippen molar-refractivity contribution in [2.24, 2.45) is 0 Å². The Balaban J connectivity index is 0.